The summed E-state index contributed by atoms with van der Waals surface area (Å²) < 4.78 is 0. The highest BCUT2D eigenvalue weighted by molar-refractivity contribution is 5.93. The monoisotopic (exact) mass is 291 g/mol. The Hall–Kier alpha value is -0.840. The van der Waals surface area contributed by atoms with E-state index in [1.54, 1.807) is 6.20 Å². The van der Waals surface area contributed by atoms with Crippen LogP contribution in [0.4, 0.5) is 0 Å². The van der Waals surface area contributed by atoms with Crippen LogP contribution in [0.2, 0.25) is 0 Å². The summed E-state index contributed by atoms with van der Waals surface area (Å²) in [5, 5.41) is 2.86. The molecule has 1 aromatic heterocycles. The number of nitrogens with one attached hydrogen (secondary N) is 1. The lowest BCUT2D eigenvalue weighted by molar-refractivity contribution is 0.0924. The van der Waals surface area contributed by atoms with Crippen LogP contribution < -0.4 is 11.1 Å². The minimum atomic E-state index is -0.182. The van der Waals surface area contributed by atoms with Crippen LogP contribution in [0, 0.1) is 6.92 Å². The minimum absolute atomic E-state index is 0. The van der Waals surface area contributed by atoms with Gasteiger partial charge < -0.3 is 11.1 Å². The summed E-state index contributed by atoms with van der Waals surface area (Å²) in [4.78, 5) is 15.9. The lowest BCUT2D eigenvalue weighted by Crippen LogP contribution is -2.55. The smallest absolute Gasteiger partial charge is 0.270 e. The molecule has 1 amide bonds. The molecule has 1 heterocycles. The van der Waals surface area contributed by atoms with Crippen molar-refractivity contribution in [3.63, 3.8) is 0 Å². The van der Waals surface area contributed by atoms with Crippen molar-refractivity contribution in [3.05, 3.63) is 29.6 Å². The number of amides is 1. The average molecular weight is 292 g/mol. The van der Waals surface area contributed by atoms with Crippen LogP contribution in [0.25, 0.3) is 0 Å². The predicted octanol–water partition coefficient (Wildman–Crippen LogP) is 1.84. The Morgan fingerprint density at radius 3 is 2.67 bits per heavy atom. The molecule has 0 aromatic carbocycles. The van der Waals surface area contributed by atoms with Crippen LogP contribution in [-0.2, 0) is 0 Å². The summed E-state index contributed by atoms with van der Waals surface area (Å²) in [5.41, 5.74) is 7.23. The molecule has 0 saturated heterocycles. The second-order valence-corrected chi connectivity index (χ2v) is 4.57. The van der Waals surface area contributed by atoms with E-state index in [0.717, 1.165) is 24.8 Å². The fraction of sp³-hybridized carbons (Fsp3) is 0.500. The molecular weight excluding hydrogens is 273 g/mol. The first-order valence-electron chi connectivity index (χ1n) is 5.59. The summed E-state index contributed by atoms with van der Waals surface area (Å²) in [7, 11) is 0. The highest BCUT2D eigenvalue weighted by atomic mass is 35.5. The fourth-order valence-electron chi connectivity index (χ4n) is 1.87. The number of hydrogen-bond donors (Lipinski definition) is 2. The summed E-state index contributed by atoms with van der Waals surface area (Å²) >= 11 is 0. The number of nitrogens with two attached hydrogens (primary N) is 1. The van der Waals surface area contributed by atoms with Gasteiger partial charge >= 0.3 is 0 Å². The number of pyridine rings is 1. The van der Waals surface area contributed by atoms with Gasteiger partial charge in [-0.15, -0.1) is 24.8 Å². The second kappa shape index (κ2) is 6.92. The van der Waals surface area contributed by atoms with Gasteiger partial charge in [0.15, 0.2) is 0 Å². The zero-order chi connectivity index (χ0) is 11.6. The fourth-order valence-corrected chi connectivity index (χ4v) is 1.87. The highest BCUT2D eigenvalue weighted by Crippen LogP contribution is 2.28. The van der Waals surface area contributed by atoms with E-state index in [1.807, 2.05) is 19.1 Å². The SMILES string of the molecule is Cc1cccnc1C(=O)NCC1(N)CCC1.Cl.Cl. The lowest BCUT2D eigenvalue weighted by atomic mass is 9.78. The van der Waals surface area contributed by atoms with Gasteiger partial charge in [0.1, 0.15) is 5.69 Å². The molecular formula is C12H19Cl2N3O. The maximum absolute atomic E-state index is 11.8. The molecule has 0 spiro atoms. The van der Waals surface area contributed by atoms with Gasteiger partial charge in [-0.25, -0.2) is 0 Å². The summed E-state index contributed by atoms with van der Waals surface area (Å²) in [6.07, 6.45) is 4.78. The molecule has 0 bridgehead atoms. The Bertz CT molecular complexity index is 408. The van der Waals surface area contributed by atoms with Crippen LogP contribution in [-0.4, -0.2) is 23.0 Å². The quantitative estimate of drug-likeness (QED) is 0.893. The van der Waals surface area contributed by atoms with Gasteiger partial charge in [-0.05, 0) is 37.8 Å². The zero-order valence-corrected chi connectivity index (χ0v) is 11.9. The van der Waals surface area contributed by atoms with E-state index in [2.05, 4.69) is 10.3 Å². The van der Waals surface area contributed by atoms with Crippen LogP contribution in [0.1, 0.15) is 35.3 Å². The molecule has 0 atom stereocenters. The number of rotatable bonds is 3. The Balaban J connectivity index is 0.00000144. The van der Waals surface area contributed by atoms with E-state index in [1.165, 1.54) is 0 Å². The Labute approximate surface area is 120 Å². The third kappa shape index (κ3) is 3.83. The van der Waals surface area contributed by atoms with Gasteiger partial charge in [0.2, 0.25) is 0 Å². The van der Waals surface area contributed by atoms with E-state index >= 15 is 0 Å². The first kappa shape index (κ1) is 17.2. The van der Waals surface area contributed by atoms with Crippen molar-refractivity contribution in [2.24, 2.45) is 5.73 Å². The highest BCUT2D eigenvalue weighted by Gasteiger charge is 2.32. The predicted molar refractivity (Wildman–Crippen MR) is 76.6 cm³/mol. The first-order valence-corrected chi connectivity index (χ1v) is 5.59. The zero-order valence-electron chi connectivity index (χ0n) is 10.3. The van der Waals surface area contributed by atoms with Crippen molar-refractivity contribution in [2.45, 2.75) is 31.7 Å². The number of carbonyl (C=O) groups excluding carboxylic acids is 1. The number of nitrogens with zero attached hydrogens (tertiary/aromatic N) is 1. The molecule has 4 nitrogen and oxygen atoms in total. The van der Waals surface area contributed by atoms with Crippen molar-refractivity contribution >= 4 is 30.7 Å². The number of halogens is 2. The minimum Gasteiger partial charge on any atom is -0.349 e. The van der Waals surface area contributed by atoms with E-state index in [0.29, 0.717) is 12.2 Å². The van der Waals surface area contributed by atoms with Gasteiger partial charge in [0, 0.05) is 18.3 Å². The molecule has 1 aromatic rings. The number of hydrogen-bond acceptors (Lipinski definition) is 3. The van der Waals surface area contributed by atoms with E-state index < -0.39 is 0 Å². The van der Waals surface area contributed by atoms with Crippen LogP contribution in [0.3, 0.4) is 0 Å². The largest absolute Gasteiger partial charge is 0.349 e. The average Bonchev–Trinajstić information content (AvgIpc) is 2.24. The maximum Gasteiger partial charge on any atom is 0.270 e. The van der Waals surface area contributed by atoms with Gasteiger partial charge in [0.05, 0.1) is 0 Å². The molecule has 1 aliphatic carbocycles. The molecule has 2 rings (SSSR count). The molecule has 0 unspecified atom stereocenters. The molecule has 102 valence electrons. The number of aryl methyl sites for hydroxylation is 1. The van der Waals surface area contributed by atoms with Crippen molar-refractivity contribution in [1.29, 1.82) is 0 Å². The molecule has 1 fully saturated rings. The summed E-state index contributed by atoms with van der Waals surface area (Å²) in [6, 6.07) is 3.70. The molecule has 1 saturated carbocycles. The van der Waals surface area contributed by atoms with Crippen molar-refractivity contribution in [1.82, 2.24) is 10.3 Å². The van der Waals surface area contributed by atoms with Crippen molar-refractivity contribution < 1.29 is 4.79 Å². The Morgan fingerprint density at radius 1 is 1.50 bits per heavy atom. The van der Waals surface area contributed by atoms with Gasteiger partial charge in [-0.1, -0.05) is 6.07 Å². The van der Waals surface area contributed by atoms with Crippen LogP contribution >= 0.6 is 24.8 Å². The van der Waals surface area contributed by atoms with Crippen LogP contribution in [0.5, 0.6) is 0 Å². The third-order valence-electron chi connectivity index (χ3n) is 3.17. The van der Waals surface area contributed by atoms with E-state index in [9.17, 15) is 4.79 Å². The molecule has 3 N–H and O–H groups in total. The normalized spacial score (nSPS) is 15.7. The molecule has 0 aliphatic heterocycles. The van der Waals surface area contributed by atoms with Gasteiger partial charge in [0.25, 0.3) is 5.91 Å². The van der Waals surface area contributed by atoms with E-state index in [4.69, 9.17) is 5.73 Å². The molecule has 0 radical (unpaired) electrons. The second-order valence-electron chi connectivity index (χ2n) is 4.57. The number of carbonyl (C=O) groups is 1. The number of aromatic nitrogens is 1. The van der Waals surface area contributed by atoms with Gasteiger partial charge in [-0.2, -0.15) is 0 Å². The first-order chi connectivity index (χ1) is 7.61. The van der Waals surface area contributed by atoms with Gasteiger partial charge in [-0.3, -0.25) is 9.78 Å². The maximum atomic E-state index is 11.8. The van der Waals surface area contributed by atoms with Crippen LogP contribution in [0.15, 0.2) is 18.3 Å². The Morgan fingerprint density at radius 2 is 2.17 bits per heavy atom. The van der Waals surface area contributed by atoms with Crippen molar-refractivity contribution in [3.8, 4) is 0 Å². The summed E-state index contributed by atoms with van der Waals surface area (Å²) in [6.45, 7) is 2.42. The third-order valence-corrected chi connectivity index (χ3v) is 3.17. The molecule has 18 heavy (non-hydrogen) atoms. The van der Waals surface area contributed by atoms with Crippen molar-refractivity contribution in [2.75, 3.05) is 6.54 Å². The standard InChI is InChI=1S/C12H17N3O.2ClH/c1-9-4-2-7-14-10(9)11(16)15-8-12(13)5-3-6-12;;/h2,4,7H,3,5-6,8,13H2,1H3,(H,15,16);2*1H. The summed E-state index contributed by atoms with van der Waals surface area (Å²) in [5.74, 6) is -0.130. The topological polar surface area (TPSA) is 68.0 Å². The molecule has 6 heteroatoms. The Kier molecular flexibility index (Phi) is 6.60. The molecule has 1 aliphatic rings. The van der Waals surface area contributed by atoms with E-state index in [-0.39, 0.29) is 36.3 Å². The lowest BCUT2D eigenvalue weighted by Gasteiger charge is -2.38.